The van der Waals surface area contributed by atoms with Gasteiger partial charge in [0.2, 0.25) is 0 Å². The number of carbonyl (C=O) groups excluding carboxylic acids is 1. The van der Waals surface area contributed by atoms with Crippen molar-refractivity contribution in [3.8, 4) is 0 Å². The summed E-state index contributed by atoms with van der Waals surface area (Å²) in [5.74, 6) is -0.795. The number of methoxy groups -OCH3 is 1. The van der Waals surface area contributed by atoms with Gasteiger partial charge in [-0.25, -0.2) is 8.42 Å². The van der Waals surface area contributed by atoms with Crippen LogP contribution in [0, 0.1) is 6.92 Å². The molecular weight excluding hydrogens is 300 g/mol. The lowest BCUT2D eigenvalue weighted by Crippen LogP contribution is -2.47. The van der Waals surface area contributed by atoms with Gasteiger partial charge in [0.1, 0.15) is 0 Å². The van der Waals surface area contributed by atoms with Gasteiger partial charge in [-0.15, -0.1) is 13.2 Å². The molecule has 0 radical (unpaired) electrons. The maximum Gasteiger partial charge on any atom is 0.328 e. The van der Waals surface area contributed by atoms with Gasteiger partial charge in [0.05, 0.1) is 12.0 Å². The molecule has 1 aromatic rings. The van der Waals surface area contributed by atoms with Gasteiger partial charge >= 0.3 is 5.97 Å². The first-order valence-electron chi connectivity index (χ1n) is 6.86. The zero-order chi connectivity index (χ0) is 17.0. The molecule has 0 heterocycles. The number of hydrogen-bond acceptors (Lipinski definition) is 4. The standard InChI is InChI=1S/C17H22O4S/c1-6-11-17(12-13(2)3,16(18)21-5)22(19,20)15-9-7-14(4)8-10-15/h6-10H,1-2,11-12H2,3-5H3. The second-order valence-electron chi connectivity index (χ2n) is 5.43. The molecular formula is C17H22O4S. The van der Waals surface area contributed by atoms with Crippen LogP contribution in [0.1, 0.15) is 25.3 Å². The molecule has 0 aliphatic heterocycles. The summed E-state index contributed by atoms with van der Waals surface area (Å²) in [5, 5.41) is 0. The summed E-state index contributed by atoms with van der Waals surface area (Å²) < 4.78 is 29.3. The Morgan fingerprint density at radius 3 is 2.27 bits per heavy atom. The van der Waals surface area contributed by atoms with Crippen LogP contribution < -0.4 is 0 Å². The highest BCUT2D eigenvalue weighted by Gasteiger charge is 2.51. The first kappa shape index (κ1) is 18.2. The molecule has 0 saturated heterocycles. The van der Waals surface area contributed by atoms with Crippen molar-refractivity contribution in [1.82, 2.24) is 0 Å². The van der Waals surface area contributed by atoms with Crippen LogP contribution in [0.3, 0.4) is 0 Å². The van der Waals surface area contributed by atoms with Gasteiger partial charge in [0.15, 0.2) is 14.6 Å². The first-order chi connectivity index (χ1) is 10.2. The highest BCUT2D eigenvalue weighted by Crippen LogP contribution is 2.36. The molecule has 0 bridgehead atoms. The van der Waals surface area contributed by atoms with Crippen LogP contribution in [0.15, 0.2) is 54.0 Å². The first-order valence-corrected chi connectivity index (χ1v) is 8.34. The van der Waals surface area contributed by atoms with E-state index in [-0.39, 0.29) is 17.7 Å². The summed E-state index contributed by atoms with van der Waals surface area (Å²) in [6.45, 7) is 10.9. The summed E-state index contributed by atoms with van der Waals surface area (Å²) >= 11 is 0. The van der Waals surface area contributed by atoms with Crippen LogP contribution in [0.25, 0.3) is 0 Å². The second kappa shape index (κ2) is 6.92. The molecule has 5 heteroatoms. The zero-order valence-corrected chi connectivity index (χ0v) is 14.1. The maximum absolute atomic E-state index is 13.1. The summed E-state index contributed by atoms with van der Waals surface area (Å²) in [6.07, 6.45) is 1.37. The van der Waals surface area contributed by atoms with Crippen molar-refractivity contribution < 1.29 is 17.9 Å². The number of carbonyl (C=O) groups is 1. The van der Waals surface area contributed by atoms with Gasteiger partial charge in [-0.3, -0.25) is 4.79 Å². The van der Waals surface area contributed by atoms with Crippen molar-refractivity contribution in [2.75, 3.05) is 7.11 Å². The number of allylic oxidation sites excluding steroid dienone is 2. The molecule has 0 N–H and O–H groups in total. The second-order valence-corrected chi connectivity index (χ2v) is 7.69. The van der Waals surface area contributed by atoms with Gasteiger partial charge < -0.3 is 4.74 Å². The monoisotopic (exact) mass is 322 g/mol. The molecule has 0 saturated carbocycles. The van der Waals surface area contributed by atoms with E-state index in [0.29, 0.717) is 5.57 Å². The van der Waals surface area contributed by atoms with Crippen molar-refractivity contribution in [2.45, 2.75) is 36.3 Å². The predicted octanol–water partition coefficient (Wildman–Crippen LogP) is 3.22. The normalized spacial score (nSPS) is 14.0. The SMILES string of the molecule is C=CCC(CC(=C)C)(C(=O)OC)S(=O)(=O)c1ccc(C)cc1. The minimum atomic E-state index is -3.95. The minimum Gasteiger partial charge on any atom is -0.468 e. The Morgan fingerprint density at radius 1 is 1.32 bits per heavy atom. The minimum absolute atomic E-state index is 0.0120. The van der Waals surface area contributed by atoms with Gasteiger partial charge in [-0.2, -0.15) is 0 Å². The van der Waals surface area contributed by atoms with Gasteiger partial charge in [0, 0.05) is 0 Å². The van der Waals surface area contributed by atoms with E-state index in [1.807, 2.05) is 6.92 Å². The Balaban J connectivity index is 3.59. The van der Waals surface area contributed by atoms with Gasteiger partial charge in [-0.05, 0) is 38.8 Å². The van der Waals surface area contributed by atoms with E-state index in [2.05, 4.69) is 13.2 Å². The fourth-order valence-electron chi connectivity index (χ4n) is 2.39. The molecule has 1 rings (SSSR count). The van der Waals surface area contributed by atoms with Gasteiger partial charge in [0.25, 0.3) is 0 Å². The molecule has 4 nitrogen and oxygen atoms in total. The van der Waals surface area contributed by atoms with E-state index in [4.69, 9.17) is 4.74 Å². The van der Waals surface area contributed by atoms with E-state index in [9.17, 15) is 13.2 Å². The lowest BCUT2D eigenvalue weighted by atomic mass is 9.96. The maximum atomic E-state index is 13.1. The molecule has 0 aliphatic rings. The molecule has 0 aromatic heterocycles. The van der Waals surface area contributed by atoms with Crippen LogP contribution in [0.2, 0.25) is 0 Å². The third kappa shape index (κ3) is 3.30. The Morgan fingerprint density at radius 2 is 1.86 bits per heavy atom. The Labute approximate surface area is 132 Å². The smallest absolute Gasteiger partial charge is 0.328 e. The quantitative estimate of drug-likeness (QED) is 0.571. The highest BCUT2D eigenvalue weighted by molar-refractivity contribution is 7.93. The molecule has 1 aromatic carbocycles. The Kier molecular flexibility index (Phi) is 5.72. The topological polar surface area (TPSA) is 60.4 Å². The fraction of sp³-hybridized carbons (Fsp3) is 0.353. The number of sulfone groups is 1. The molecule has 120 valence electrons. The summed E-state index contributed by atoms with van der Waals surface area (Å²) in [6, 6.07) is 6.40. The largest absolute Gasteiger partial charge is 0.468 e. The van der Waals surface area contributed by atoms with Crippen molar-refractivity contribution in [1.29, 1.82) is 0 Å². The van der Waals surface area contributed by atoms with Crippen molar-refractivity contribution in [3.05, 3.63) is 54.6 Å². The van der Waals surface area contributed by atoms with E-state index < -0.39 is 20.6 Å². The summed E-state index contributed by atoms with van der Waals surface area (Å²) in [4.78, 5) is 12.4. The third-order valence-corrected chi connectivity index (χ3v) is 5.86. The molecule has 22 heavy (non-hydrogen) atoms. The third-order valence-electron chi connectivity index (χ3n) is 3.46. The van der Waals surface area contributed by atoms with E-state index in [1.54, 1.807) is 19.1 Å². The molecule has 0 fully saturated rings. The van der Waals surface area contributed by atoms with Crippen LogP contribution in [-0.2, 0) is 19.4 Å². The van der Waals surface area contributed by atoms with Crippen LogP contribution in [-0.4, -0.2) is 26.2 Å². The average Bonchev–Trinajstić information content (AvgIpc) is 2.45. The number of hydrogen-bond donors (Lipinski definition) is 0. The van der Waals surface area contributed by atoms with E-state index >= 15 is 0 Å². The summed E-state index contributed by atoms with van der Waals surface area (Å²) in [7, 11) is -2.77. The fourth-order valence-corrected chi connectivity index (χ4v) is 4.41. The van der Waals surface area contributed by atoms with E-state index in [0.717, 1.165) is 5.56 Å². The number of rotatable bonds is 7. The lowest BCUT2D eigenvalue weighted by molar-refractivity contribution is -0.143. The number of esters is 1. The van der Waals surface area contributed by atoms with Crippen molar-refractivity contribution in [3.63, 3.8) is 0 Å². The number of aryl methyl sites for hydroxylation is 1. The van der Waals surface area contributed by atoms with Gasteiger partial charge in [-0.1, -0.05) is 29.3 Å². The van der Waals surface area contributed by atoms with Crippen LogP contribution >= 0.6 is 0 Å². The molecule has 1 unspecified atom stereocenters. The molecule has 1 atom stereocenters. The summed E-state index contributed by atoms with van der Waals surface area (Å²) in [5.41, 5.74) is 1.52. The Hall–Kier alpha value is -1.88. The van der Waals surface area contributed by atoms with Crippen LogP contribution in [0.5, 0.6) is 0 Å². The van der Waals surface area contributed by atoms with Crippen LogP contribution in [0.4, 0.5) is 0 Å². The van der Waals surface area contributed by atoms with Crippen molar-refractivity contribution >= 4 is 15.8 Å². The molecule has 0 amide bonds. The lowest BCUT2D eigenvalue weighted by Gasteiger charge is -2.30. The predicted molar refractivity (Wildman–Crippen MR) is 87.4 cm³/mol. The zero-order valence-electron chi connectivity index (χ0n) is 13.3. The van der Waals surface area contributed by atoms with Crippen molar-refractivity contribution in [2.24, 2.45) is 0 Å². The molecule has 0 spiro atoms. The molecule has 0 aliphatic carbocycles. The van der Waals surface area contributed by atoms with E-state index in [1.165, 1.54) is 25.3 Å². The number of ether oxygens (including phenoxy) is 1. The highest BCUT2D eigenvalue weighted by atomic mass is 32.2. The average molecular weight is 322 g/mol. The number of benzene rings is 1. The Bertz CT molecular complexity index is 671.